The second kappa shape index (κ2) is 4.70. The molecule has 0 atom stereocenters. The molecule has 0 spiro atoms. The van der Waals surface area contributed by atoms with Crippen LogP contribution < -0.4 is 5.73 Å². The summed E-state index contributed by atoms with van der Waals surface area (Å²) in [5.74, 6) is -0.457. The highest BCUT2D eigenvalue weighted by atomic mass is 16.1. The van der Waals surface area contributed by atoms with E-state index in [-0.39, 0.29) is 0 Å². The summed E-state index contributed by atoms with van der Waals surface area (Å²) in [6.07, 6.45) is 4.98. The maximum Gasteiger partial charge on any atom is 0.249 e. The lowest BCUT2D eigenvalue weighted by molar-refractivity contribution is 0.0999. The van der Waals surface area contributed by atoms with E-state index in [9.17, 15) is 4.79 Å². The van der Waals surface area contributed by atoms with Crippen molar-refractivity contribution in [2.75, 3.05) is 0 Å². The van der Waals surface area contributed by atoms with Crippen LogP contribution in [-0.2, 0) is 0 Å². The Kier molecular flexibility index (Phi) is 2.87. The molecule has 0 unspecified atom stereocenters. The van der Waals surface area contributed by atoms with Crippen LogP contribution in [0.25, 0.3) is 22.3 Å². The molecule has 0 radical (unpaired) electrons. The van der Waals surface area contributed by atoms with Gasteiger partial charge < -0.3 is 5.73 Å². The molecule has 3 rings (SSSR count). The molecule has 3 aromatic heterocycles. The normalized spacial score (nSPS) is 10.7. The molecule has 0 aliphatic heterocycles. The molecule has 2 N–H and O–H groups in total. The van der Waals surface area contributed by atoms with E-state index >= 15 is 0 Å². The van der Waals surface area contributed by atoms with Crippen molar-refractivity contribution >= 4 is 16.9 Å². The molecule has 1 amide bonds. The van der Waals surface area contributed by atoms with Crippen LogP contribution in [0.3, 0.4) is 0 Å². The van der Waals surface area contributed by atoms with Gasteiger partial charge in [-0.1, -0.05) is 0 Å². The summed E-state index contributed by atoms with van der Waals surface area (Å²) in [5.41, 5.74) is 8.82. The van der Waals surface area contributed by atoms with E-state index in [1.165, 1.54) is 0 Å². The fourth-order valence-electron chi connectivity index (χ4n) is 2.19. The van der Waals surface area contributed by atoms with Gasteiger partial charge in [0, 0.05) is 35.1 Å². The largest absolute Gasteiger partial charge is 0.366 e. The van der Waals surface area contributed by atoms with E-state index in [4.69, 9.17) is 5.73 Å². The van der Waals surface area contributed by atoms with Gasteiger partial charge in [-0.05, 0) is 36.8 Å². The van der Waals surface area contributed by atoms with Crippen LogP contribution in [0, 0.1) is 6.92 Å². The molecule has 20 heavy (non-hydrogen) atoms. The number of pyridine rings is 3. The average Bonchev–Trinajstić information content (AvgIpc) is 2.46. The Labute approximate surface area is 115 Å². The van der Waals surface area contributed by atoms with Crippen LogP contribution in [0.5, 0.6) is 0 Å². The summed E-state index contributed by atoms with van der Waals surface area (Å²) in [7, 11) is 0. The van der Waals surface area contributed by atoms with E-state index in [1.807, 2.05) is 25.1 Å². The summed E-state index contributed by atoms with van der Waals surface area (Å²) in [4.78, 5) is 24.2. The summed E-state index contributed by atoms with van der Waals surface area (Å²) >= 11 is 0. The predicted molar refractivity (Wildman–Crippen MR) is 76.0 cm³/mol. The topological polar surface area (TPSA) is 81.8 Å². The first-order valence-electron chi connectivity index (χ1n) is 6.13. The minimum Gasteiger partial charge on any atom is -0.366 e. The highest BCUT2D eigenvalue weighted by Gasteiger charge is 2.12. The number of carbonyl (C=O) groups excluding carboxylic acids is 1. The molecule has 5 nitrogen and oxygen atoms in total. The molecule has 0 aliphatic rings. The Morgan fingerprint density at radius 1 is 1.15 bits per heavy atom. The maximum absolute atomic E-state index is 11.4. The number of primary amides is 1. The number of amides is 1. The summed E-state index contributed by atoms with van der Waals surface area (Å²) in [5, 5.41) is 0.927. The van der Waals surface area contributed by atoms with E-state index in [1.54, 1.807) is 24.7 Å². The number of hydrogen-bond donors (Lipinski definition) is 1. The van der Waals surface area contributed by atoms with Gasteiger partial charge in [-0.25, -0.2) is 9.97 Å². The second-order valence-electron chi connectivity index (χ2n) is 4.47. The number of rotatable bonds is 2. The minimum atomic E-state index is -0.457. The summed E-state index contributed by atoms with van der Waals surface area (Å²) in [6, 6.07) is 7.37. The second-order valence-corrected chi connectivity index (χ2v) is 4.47. The SMILES string of the molecule is Cc1c(C(N)=O)ccnc1-c1cnc2ncccc2c1. The van der Waals surface area contributed by atoms with E-state index in [2.05, 4.69) is 15.0 Å². The Morgan fingerprint density at radius 2 is 2.00 bits per heavy atom. The van der Waals surface area contributed by atoms with Crippen molar-refractivity contribution < 1.29 is 4.79 Å². The number of nitrogens with zero attached hydrogens (tertiary/aromatic N) is 3. The Bertz CT molecular complexity index is 814. The molecule has 0 bridgehead atoms. The Morgan fingerprint density at radius 3 is 2.80 bits per heavy atom. The third-order valence-electron chi connectivity index (χ3n) is 3.20. The lowest BCUT2D eigenvalue weighted by Gasteiger charge is -2.08. The molecular weight excluding hydrogens is 252 g/mol. The van der Waals surface area contributed by atoms with Crippen molar-refractivity contribution in [1.29, 1.82) is 0 Å². The monoisotopic (exact) mass is 264 g/mol. The fraction of sp³-hybridized carbons (Fsp3) is 0.0667. The van der Waals surface area contributed by atoms with Gasteiger partial charge in [-0.2, -0.15) is 0 Å². The van der Waals surface area contributed by atoms with E-state index < -0.39 is 5.91 Å². The van der Waals surface area contributed by atoms with Crippen molar-refractivity contribution in [3.63, 3.8) is 0 Å². The summed E-state index contributed by atoms with van der Waals surface area (Å²) < 4.78 is 0. The van der Waals surface area contributed by atoms with Gasteiger partial charge in [-0.3, -0.25) is 9.78 Å². The third-order valence-corrected chi connectivity index (χ3v) is 3.20. The van der Waals surface area contributed by atoms with Gasteiger partial charge in [0.05, 0.1) is 5.69 Å². The van der Waals surface area contributed by atoms with E-state index in [0.717, 1.165) is 16.5 Å². The van der Waals surface area contributed by atoms with Crippen LogP contribution in [0.2, 0.25) is 0 Å². The van der Waals surface area contributed by atoms with Crippen LogP contribution in [0.4, 0.5) is 0 Å². The highest BCUT2D eigenvalue weighted by Crippen LogP contribution is 2.24. The number of nitrogens with two attached hydrogens (primary N) is 1. The molecule has 0 saturated heterocycles. The van der Waals surface area contributed by atoms with Crippen molar-refractivity contribution in [2.24, 2.45) is 5.73 Å². The lowest BCUT2D eigenvalue weighted by atomic mass is 10.0. The van der Waals surface area contributed by atoms with Crippen LogP contribution in [0.15, 0.2) is 42.9 Å². The molecule has 0 fully saturated rings. The number of carbonyl (C=O) groups is 1. The fourth-order valence-corrected chi connectivity index (χ4v) is 2.19. The van der Waals surface area contributed by atoms with Crippen molar-refractivity contribution in [1.82, 2.24) is 15.0 Å². The zero-order chi connectivity index (χ0) is 14.1. The van der Waals surface area contributed by atoms with Crippen LogP contribution in [0.1, 0.15) is 15.9 Å². The molecular formula is C15H12N4O. The first-order valence-corrected chi connectivity index (χ1v) is 6.13. The minimum absolute atomic E-state index is 0.457. The molecule has 3 aromatic rings. The summed E-state index contributed by atoms with van der Waals surface area (Å²) in [6.45, 7) is 1.83. The van der Waals surface area contributed by atoms with Crippen LogP contribution >= 0.6 is 0 Å². The predicted octanol–water partition coefficient (Wildman–Crippen LogP) is 2.10. The third kappa shape index (κ3) is 1.99. The van der Waals surface area contributed by atoms with E-state index in [0.29, 0.717) is 16.9 Å². The van der Waals surface area contributed by atoms with Gasteiger partial charge in [0.1, 0.15) is 0 Å². The molecule has 0 aliphatic carbocycles. The number of fused-ring (bicyclic) bond motifs is 1. The zero-order valence-corrected chi connectivity index (χ0v) is 10.9. The molecule has 0 aromatic carbocycles. The maximum atomic E-state index is 11.4. The Balaban J connectivity index is 2.20. The molecule has 5 heteroatoms. The van der Waals surface area contributed by atoms with Gasteiger partial charge in [0.2, 0.25) is 5.91 Å². The van der Waals surface area contributed by atoms with Crippen molar-refractivity contribution in [3.05, 3.63) is 54.0 Å². The lowest BCUT2D eigenvalue weighted by Crippen LogP contribution is -2.13. The van der Waals surface area contributed by atoms with Gasteiger partial charge in [0.15, 0.2) is 5.65 Å². The standard InChI is InChI=1S/C15H12N4O/c1-9-12(14(16)20)4-6-17-13(9)11-7-10-3-2-5-18-15(10)19-8-11/h2-8H,1H3,(H2,16,20). The quantitative estimate of drug-likeness (QED) is 0.768. The Hall–Kier alpha value is -2.82. The zero-order valence-electron chi connectivity index (χ0n) is 10.9. The van der Waals surface area contributed by atoms with Crippen molar-refractivity contribution in [3.8, 4) is 11.3 Å². The smallest absolute Gasteiger partial charge is 0.249 e. The van der Waals surface area contributed by atoms with Crippen LogP contribution in [-0.4, -0.2) is 20.9 Å². The van der Waals surface area contributed by atoms with Gasteiger partial charge >= 0.3 is 0 Å². The number of aromatic nitrogens is 3. The molecule has 0 saturated carbocycles. The van der Waals surface area contributed by atoms with Crippen molar-refractivity contribution in [2.45, 2.75) is 6.92 Å². The average molecular weight is 264 g/mol. The number of hydrogen-bond acceptors (Lipinski definition) is 4. The highest BCUT2D eigenvalue weighted by molar-refractivity contribution is 5.96. The van der Waals surface area contributed by atoms with Gasteiger partial charge in [0.25, 0.3) is 0 Å². The molecule has 3 heterocycles. The molecule has 98 valence electrons. The first-order chi connectivity index (χ1) is 9.66. The first kappa shape index (κ1) is 12.2. The van der Waals surface area contributed by atoms with Gasteiger partial charge in [-0.15, -0.1) is 0 Å².